The van der Waals surface area contributed by atoms with Crippen LogP contribution in [0.3, 0.4) is 0 Å². The number of carbonyl (C=O) groups excluding carboxylic acids is 1. The van der Waals surface area contributed by atoms with Crippen LogP contribution in [0.4, 0.5) is 5.69 Å². The molecule has 176 valence electrons. The number of hydrogen-bond donors (Lipinski definition) is 1. The average Bonchev–Trinajstić information content (AvgIpc) is 3.22. The van der Waals surface area contributed by atoms with Crippen LogP contribution in [0.5, 0.6) is 5.75 Å². The Morgan fingerprint density at radius 1 is 1.24 bits per heavy atom. The third-order valence-electron chi connectivity index (χ3n) is 6.20. The minimum absolute atomic E-state index is 0.00000540. The van der Waals surface area contributed by atoms with Gasteiger partial charge in [-0.25, -0.2) is 4.98 Å². The molecule has 33 heavy (non-hydrogen) atoms. The van der Waals surface area contributed by atoms with Crippen molar-refractivity contribution in [3.8, 4) is 5.75 Å². The second-order valence-electron chi connectivity index (χ2n) is 8.37. The van der Waals surface area contributed by atoms with Crippen LogP contribution in [-0.4, -0.2) is 64.4 Å². The number of thioether (sulfide) groups is 1. The van der Waals surface area contributed by atoms with Gasteiger partial charge in [-0.05, 0) is 38.5 Å². The molecule has 4 rings (SSSR count). The molecule has 1 aliphatic rings. The summed E-state index contributed by atoms with van der Waals surface area (Å²) in [4.78, 5) is 38.1. The molecule has 0 saturated carbocycles. The van der Waals surface area contributed by atoms with Crippen molar-refractivity contribution < 1.29 is 9.53 Å². The molecule has 9 heteroatoms. The predicted molar refractivity (Wildman–Crippen MR) is 133 cm³/mol. The summed E-state index contributed by atoms with van der Waals surface area (Å²) in [6, 6.07) is 9.83. The topological polar surface area (TPSA) is 83.5 Å². The Kier molecular flexibility index (Phi) is 6.97. The fourth-order valence-corrected chi connectivity index (χ4v) is 5.17. The van der Waals surface area contributed by atoms with Gasteiger partial charge in [-0.3, -0.25) is 14.2 Å². The van der Waals surface area contributed by atoms with Crippen LogP contribution < -0.4 is 15.2 Å². The van der Waals surface area contributed by atoms with E-state index in [4.69, 9.17) is 9.72 Å². The number of aromatic amines is 1. The van der Waals surface area contributed by atoms with Crippen molar-refractivity contribution in [2.75, 3.05) is 43.9 Å². The van der Waals surface area contributed by atoms with Crippen LogP contribution in [0.2, 0.25) is 0 Å². The average molecular weight is 470 g/mol. The van der Waals surface area contributed by atoms with Crippen LogP contribution in [0.25, 0.3) is 11.0 Å². The Morgan fingerprint density at radius 2 is 1.97 bits per heavy atom. The quantitative estimate of drug-likeness (QED) is 0.422. The lowest BCUT2D eigenvalue weighted by molar-refractivity contribution is -0.128. The van der Waals surface area contributed by atoms with Crippen LogP contribution in [0.1, 0.15) is 32.0 Å². The van der Waals surface area contributed by atoms with E-state index in [-0.39, 0.29) is 23.3 Å². The summed E-state index contributed by atoms with van der Waals surface area (Å²) in [6.07, 6.45) is 0.805. The van der Waals surface area contributed by atoms with E-state index < -0.39 is 0 Å². The maximum absolute atomic E-state index is 13.1. The van der Waals surface area contributed by atoms with E-state index in [1.54, 1.807) is 11.7 Å². The third-order valence-corrected chi connectivity index (χ3v) is 7.14. The lowest BCUT2D eigenvalue weighted by Gasteiger charge is -2.36. The van der Waals surface area contributed by atoms with Crippen LogP contribution in [-0.2, 0) is 4.79 Å². The number of piperazine rings is 1. The SMILES string of the molecule is CC[C@H](C)n1c(SCC(=O)N2CCN(c3ccccc3OC)CC2)nc2cc(C)[nH]c2c1=O. The van der Waals surface area contributed by atoms with Crippen LogP contribution in [0.15, 0.2) is 40.3 Å². The number of nitrogens with zero attached hydrogens (tertiary/aromatic N) is 4. The smallest absolute Gasteiger partial charge is 0.278 e. The van der Waals surface area contributed by atoms with Crippen molar-refractivity contribution in [1.82, 2.24) is 19.4 Å². The number of amides is 1. The molecule has 1 atom stereocenters. The van der Waals surface area contributed by atoms with E-state index in [0.717, 1.165) is 36.6 Å². The Labute approximate surface area is 197 Å². The molecule has 0 radical (unpaired) electrons. The molecule has 1 aromatic carbocycles. The van der Waals surface area contributed by atoms with E-state index in [9.17, 15) is 9.59 Å². The van der Waals surface area contributed by atoms with E-state index in [1.165, 1.54) is 11.8 Å². The molecule has 1 fully saturated rings. The van der Waals surface area contributed by atoms with Gasteiger partial charge in [0.05, 0.1) is 24.1 Å². The number of hydrogen-bond acceptors (Lipinski definition) is 6. The van der Waals surface area contributed by atoms with Crippen molar-refractivity contribution in [1.29, 1.82) is 0 Å². The molecule has 1 saturated heterocycles. The first-order valence-electron chi connectivity index (χ1n) is 11.3. The molecule has 8 nitrogen and oxygen atoms in total. The maximum Gasteiger partial charge on any atom is 0.278 e. The Hall–Kier alpha value is -2.94. The molecule has 1 aliphatic heterocycles. The standard InChI is InChI=1S/C24H31N5O3S/c1-5-17(3)29-23(31)22-18(14-16(2)25-22)26-24(29)33-15-21(30)28-12-10-27(11-13-28)19-8-6-7-9-20(19)32-4/h6-9,14,17,25H,5,10-13,15H2,1-4H3/t17-/m0/s1. The van der Waals surface area contributed by atoms with Gasteiger partial charge in [0.2, 0.25) is 5.91 Å². The molecule has 1 N–H and O–H groups in total. The van der Waals surface area contributed by atoms with E-state index in [0.29, 0.717) is 29.3 Å². The van der Waals surface area contributed by atoms with Crippen molar-refractivity contribution in [3.63, 3.8) is 0 Å². The Balaban J connectivity index is 1.44. The highest BCUT2D eigenvalue weighted by molar-refractivity contribution is 7.99. The number of aromatic nitrogens is 3. The molecule has 2 aromatic heterocycles. The lowest BCUT2D eigenvalue weighted by atomic mass is 10.2. The number of rotatable bonds is 7. The monoisotopic (exact) mass is 469 g/mol. The number of benzene rings is 1. The fourth-order valence-electron chi connectivity index (χ4n) is 4.17. The molecule has 0 bridgehead atoms. The van der Waals surface area contributed by atoms with E-state index >= 15 is 0 Å². The van der Waals surface area contributed by atoms with Crippen molar-refractivity contribution in [2.24, 2.45) is 0 Å². The lowest BCUT2D eigenvalue weighted by Crippen LogP contribution is -2.49. The van der Waals surface area contributed by atoms with Gasteiger partial charge in [0, 0.05) is 37.9 Å². The van der Waals surface area contributed by atoms with Gasteiger partial charge in [0.15, 0.2) is 5.16 Å². The van der Waals surface area contributed by atoms with Gasteiger partial charge >= 0.3 is 0 Å². The largest absolute Gasteiger partial charge is 0.495 e. The molecule has 0 aliphatic carbocycles. The number of nitrogens with one attached hydrogen (secondary N) is 1. The van der Waals surface area contributed by atoms with E-state index in [2.05, 4.69) is 9.88 Å². The molecule has 3 aromatic rings. The number of ether oxygens (including phenoxy) is 1. The number of methoxy groups -OCH3 is 1. The number of aryl methyl sites for hydroxylation is 1. The first kappa shape index (κ1) is 23.2. The number of fused-ring (bicyclic) bond motifs is 1. The summed E-state index contributed by atoms with van der Waals surface area (Å²) in [5.41, 5.74) is 3.05. The summed E-state index contributed by atoms with van der Waals surface area (Å²) < 4.78 is 7.20. The van der Waals surface area contributed by atoms with Crippen LogP contribution in [0, 0.1) is 6.92 Å². The summed E-state index contributed by atoms with van der Waals surface area (Å²) in [7, 11) is 1.68. The molecular formula is C24H31N5O3S. The molecule has 1 amide bonds. The third kappa shape index (κ3) is 4.73. The summed E-state index contributed by atoms with van der Waals surface area (Å²) in [6.45, 7) is 8.77. The molecular weight excluding hydrogens is 438 g/mol. The van der Waals surface area contributed by atoms with Gasteiger partial charge in [-0.15, -0.1) is 0 Å². The highest BCUT2D eigenvalue weighted by Crippen LogP contribution is 2.29. The molecule has 0 unspecified atom stereocenters. The highest BCUT2D eigenvalue weighted by Gasteiger charge is 2.24. The van der Waals surface area contributed by atoms with E-state index in [1.807, 2.05) is 56.0 Å². The predicted octanol–water partition coefficient (Wildman–Crippen LogP) is 3.45. The van der Waals surface area contributed by atoms with Gasteiger partial charge in [-0.2, -0.15) is 0 Å². The molecule has 3 heterocycles. The van der Waals surface area contributed by atoms with Crippen LogP contribution >= 0.6 is 11.8 Å². The Bertz CT molecular complexity index is 1200. The summed E-state index contributed by atoms with van der Waals surface area (Å²) >= 11 is 1.35. The first-order chi connectivity index (χ1) is 15.9. The Morgan fingerprint density at radius 3 is 2.67 bits per heavy atom. The summed E-state index contributed by atoms with van der Waals surface area (Å²) in [5.74, 6) is 1.17. The number of carbonyl (C=O) groups is 1. The normalized spacial score (nSPS) is 15.2. The first-order valence-corrected chi connectivity index (χ1v) is 12.3. The highest BCUT2D eigenvalue weighted by atomic mass is 32.2. The zero-order valence-electron chi connectivity index (χ0n) is 19.6. The van der Waals surface area contributed by atoms with Gasteiger partial charge in [0.1, 0.15) is 11.3 Å². The van der Waals surface area contributed by atoms with Gasteiger partial charge in [0.25, 0.3) is 5.56 Å². The minimum atomic E-state index is -0.0807. The fraction of sp³-hybridized carbons (Fsp3) is 0.458. The zero-order chi connectivity index (χ0) is 23.5. The van der Waals surface area contributed by atoms with Gasteiger partial charge < -0.3 is 19.5 Å². The van der Waals surface area contributed by atoms with Gasteiger partial charge in [-0.1, -0.05) is 30.8 Å². The minimum Gasteiger partial charge on any atom is -0.495 e. The summed E-state index contributed by atoms with van der Waals surface area (Å²) in [5, 5.41) is 0.599. The van der Waals surface area contributed by atoms with Crippen molar-refractivity contribution >= 4 is 34.4 Å². The second-order valence-corrected chi connectivity index (χ2v) is 9.31. The number of H-pyrrole nitrogens is 1. The maximum atomic E-state index is 13.1. The number of para-hydroxylation sites is 2. The van der Waals surface area contributed by atoms with Crippen molar-refractivity contribution in [3.05, 3.63) is 46.4 Å². The molecule has 0 spiro atoms. The second kappa shape index (κ2) is 9.91. The number of anilines is 1. The van der Waals surface area contributed by atoms with Crippen molar-refractivity contribution in [2.45, 2.75) is 38.4 Å². The zero-order valence-corrected chi connectivity index (χ0v) is 20.4.